The number of likely N-dealkylation sites (tertiary alicyclic amines) is 1. The molecule has 2 aromatic heterocycles. The Morgan fingerprint density at radius 2 is 1.81 bits per heavy atom. The molecular formula is C33H35N5O4. The number of pyridine rings is 1. The van der Waals surface area contributed by atoms with E-state index in [9.17, 15) is 14.4 Å². The highest BCUT2D eigenvalue weighted by molar-refractivity contribution is 5.93. The Morgan fingerprint density at radius 1 is 1.07 bits per heavy atom. The van der Waals surface area contributed by atoms with E-state index in [0.717, 1.165) is 27.7 Å². The van der Waals surface area contributed by atoms with E-state index in [4.69, 9.17) is 4.74 Å². The van der Waals surface area contributed by atoms with Crippen LogP contribution in [-0.4, -0.2) is 57.8 Å². The smallest absolute Gasteiger partial charge is 0.410 e. The Kier molecular flexibility index (Phi) is 8.96. The summed E-state index contributed by atoms with van der Waals surface area (Å²) in [6.45, 7) is 3.14. The first-order valence-corrected chi connectivity index (χ1v) is 14.1. The number of benzene rings is 2. The van der Waals surface area contributed by atoms with Crippen LogP contribution in [0.5, 0.6) is 0 Å². The number of H-pyrrole nitrogens is 1. The van der Waals surface area contributed by atoms with E-state index in [1.807, 2.05) is 61.5 Å². The molecule has 1 atom stereocenters. The van der Waals surface area contributed by atoms with Crippen LogP contribution in [0.2, 0.25) is 0 Å². The number of fused-ring (bicyclic) bond motifs is 1. The molecule has 1 aliphatic rings. The lowest BCUT2D eigenvalue weighted by atomic mass is 9.96. The summed E-state index contributed by atoms with van der Waals surface area (Å²) >= 11 is 0. The SMILES string of the molecule is CC(c1cc2ccccc2[nH]1)N(C)C(=O)/C=C/c1ccc(NC(=O)C2CCN(C(=O)OCc3ccccc3)CC2)nc1. The number of hydrogen-bond donors (Lipinski definition) is 2. The second-order valence-electron chi connectivity index (χ2n) is 10.5. The Morgan fingerprint density at radius 3 is 2.52 bits per heavy atom. The van der Waals surface area contributed by atoms with E-state index < -0.39 is 0 Å². The van der Waals surface area contributed by atoms with Crippen molar-refractivity contribution in [2.45, 2.75) is 32.4 Å². The molecule has 2 N–H and O–H groups in total. The second kappa shape index (κ2) is 13.2. The first-order valence-electron chi connectivity index (χ1n) is 14.1. The van der Waals surface area contributed by atoms with E-state index in [0.29, 0.717) is 31.7 Å². The number of piperidine rings is 1. The second-order valence-corrected chi connectivity index (χ2v) is 10.5. The van der Waals surface area contributed by atoms with Gasteiger partial charge in [0, 0.05) is 49.5 Å². The molecule has 1 aliphatic heterocycles. The van der Waals surface area contributed by atoms with Crippen LogP contribution in [-0.2, 0) is 20.9 Å². The van der Waals surface area contributed by atoms with Crippen LogP contribution in [0.15, 0.2) is 85.1 Å². The molecule has 0 bridgehead atoms. The van der Waals surface area contributed by atoms with E-state index in [1.165, 1.54) is 6.08 Å². The number of carbonyl (C=O) groups excluding carboxylic acids is 3. The van der Waals surface area contributed by atoms with Gasteiger partial charge in [-0.3, -0.25) is 9.59 Å². The predicted octanol–water partition coefficient (Wildman–Crippen LogP) is 5.78. The molecule has 2 aromatic carbocycles. The molecule has 9 heteroatoms. The predicted molar refractivity (Wildman–Crippen MR) is 162 cm³/mol. The van der Waals surface area contributed by atoms with Crippen molar-refractivity contribution in [2.75, 3.05) is 25.5 Å². The molecule has 9 nitrogen and oxygen atoms in total. The first kappa shape index (κ1) is 28.6. The molecular weight excluding hydrogens is 530 g/mol. The van der Waals surface area contributed by atoms with Crippen molar-refractivity contribution in [2.24, 2.45) is 5.92 Å². The number of ether oxygens (including phenoxy) is 1. The van der Waals surface area contributed by atoms with Gasteiger partial charge in [-0.05, 0) is 66.6 Å². The molecule has 0 spiro atoms. The average molecular weight is 566 g/mol. The van der Waals surface area contributed by atoms with Crippen LogP contribution < -0.4 is 5.32 Å². The minimum Gasteiger partial charge on any atom is -0.445 e. The molecule has 4 aromatic rings. The quantitative estimate of drug-likeness (QED) is 0.263. The summed E-state index contributed by atoms with van der Waals surface area (Å²) in [7, 11) is 1.78. The lowest BCUT2D eigenvalue weighted by molar-refractivity contribution is -0.126. The number of carbonyl (C=O) groups is 3. The highest BCUT2D eigenvalue weighted by Crippen LogP contribution is 2.24. The van der Waals surface area contributed by atoms with Crippen LogP contribution in [0.4, 0.5) is 10.6 Å². The number of nitrogens with zero attached hydrogens (tertiary/aromatic N) is 3. The van der Waals surface area contributed by atoms with Gasteiger partial charge in [-0.25, -0.2) is 9.78 Å². The van der Waals surface area contributed by atoms with Gasteiger partial charge in [0.25, 0.3) is 0 Å². The Balaban J connectivity index is 1.07. The number of aromatic nitrogens is 2. The highest BCUT2D eigenvalue weighted by Gasteiger charge is 2.28. The standard InChI is InChI=1S/C33H35N5O4/c1-23(29-20-27-10-6-7-11-28(27)35-29)37(2)31(39)15-13-24-12-14-30(34-21-24)36-32(40)26-16-18-38(19-17-26)33(41)42-22-25-8-4-3-5-9-25/h3-15,20-21,23,26,35H,16-19,22H2,1-2H3,(H,34,36,40)/b15-13+. The summed E-state index contributed by atoms with van der Waals surface area (Å²) in [5, 5.41) is 3.98. The van der Waals surface area contributed by atoms with E-state index >= 15 is 0 Å². The molecule has 1 fully saturated rings. The molecule has 3 amide bonds. The summed E-state index contributed by atoms with van der Waals surface area (Å²) in [5.41, 5.74) is 3.69. The maximum atomic E-state index is 12.8. The number of rotatable bonds is 8. The van der Waals surface area contributed by atoms with Crippen molar-refractivity contribution in [1.82, 2.24) is 19.8 Å². The summed E-state index contributed by atoms with van der Waals surface area (Å²) in [4.78, 5) is 49.1. The van der Waals surface area contributed by atoms with Crippen LogP contribution in [0.25, 0.3) is 17.0 Å². The van der Waals surface area contributed by atoms with Gasteiger partial charge < -0.3 is 24.8 Å². The van der Waals surface area contributed by atoms with Crippen molar-refractivity contribution in [3.8, 4) is 0 Å². The van der Waals surface area contributed by atoms with Gasteiger partial charge in [-0.2, -0.15) is 0 Å². The molecule has 0 radical (unpaired) electrons. The summed E-state index contributed by atoms with van der Waals surface area (Å²) in [5.74, 6) is -0.0191. The lowest BCUT2D eigenvalue weighted by Gasteiger charge is -2.30. The minimum atomic E-state index is -0.361. The Bertz CT molecular complexity index is 1520. The maximum absolute atomic E-state index is 12.8. The fourth-order valence-electron chi connectivity index (χ4n) is 4.95. The van der Waals surface area contributed by atoms with Crippen LogP contribution in [0.1, 0.15) is 42.6 Å². The molecule has 42 heavy (non-hydrogen) atoms. The van der Waals surface area contributed by atoms with Crippen molar-refractivity contribution in [3.05, 3.63) is 102 Å². The minimum absolute atomic E-state index is 0.120. The third-order valence-corrected chi connectivity index (χ3v) is 7.71. The lowest BCUT2D eigenvalue weighted by Crippen LogP contribution is -2.41. The number of anilines is 1. The number of para-hydroxylation sites is 1. The molecule has 1 saturated heterocycles. The maximum Gasteiger partial charge on any atom is 0.410 e. The summed E-state index contributed by atoms with van der Waals surface area (Å²) in [6, 6.07) is 23.0. The van der Waals surface area contributed by atoms with Crippen LogP contribution >= 0.6 is 0 Å². The summed E-state index contributed by atoms with van der Waals surface area (Å²) in [6.07, 6.45) is 5.60. The summed E-state index contributed by atoms with van der Waals surface area (Å²) < 4.78 is 5.41. The Labute approximate surface area is 245 Å². The molecule has 0 saturated carbocycles. The fourth-order valence-corrected chi connectivity index (χ4v) is 4.95. The number of aromatic amines is 1. The van der Waals surface area contributed by atoms with Crippen molar-refractivity contribution < 1.29 is 19.1 Å². The van der Waals surface area contributed by atoms with Gasteiger partial charge in [0.15, 0.2) is 0 Å². The molecule has 3 heterocycles. The zero-order valence-corrected chi connectivity index (χ0v) is 23.8. The monoisotopic (exact) mass is 565 g/mol. The van der Waals surface area contributed by atoms with Gasteiger partial charge >= 0.3 is 6.09 Å². The zero-order chi connectivity index (χ0) is 29.5. The number of hydrogen-bond acceptors (Lipinski definition) is 5. The molecule has 216 valence electrons. The van der Waals surface area contributed by atoms with E-state index in [2.05, 4.69) is 21.4 Å². The third-order valence-electron chi connectivity index (χ3n) is 7.71. The normalized spacial score (nSPS) is 14.6. The van der Waals surface area contributed by atoms with Gasteiger partial charge in [0.05, 0.1) is 6.04 Å². The molecule has 1 unspecified atom stereocenters. The van der Waals surface area contributed by atoms with Gasteiger partial charge in [0.2, 0.25) is 11.8 Å². The topological polar surface area (TPSA) is 108 Å². The van der Waals surface area contributed by atoms with Gasteiger partial charge in [-0.15, -0.1) is 0 Å². The van der Waals surface area contributed by atoms with Crippen LogP contribution in [0, 0.1) is 5.92 Å². The van der Waals surface area contributed by atoms with Crippen molar-refractivity contribution in [3.63, 3.8) is 0 Å². The molecule has 0 aliphatic carbocycles. The third kappa shape index (κ3) is 7.04. The number of amides is 3. The zero-order valence-electron chi connectivity index (χ0n) is 23.8. The molecule has 5 rings (SSSR count). The fraction of sp³-hybridized carbons (Fsp3) is 0.273. The average Bonchev–Trinajstić information content (AvgIpc) is 3.47. The largest absolute Gasteiger partial charge is 0.445 e. The number of likely N-dealkylation sites (N-methyl/N-ethyl adjacent to an activating group) is 1. The van der Waals surface area contributed by atoms with Gasteiger partial charge in [0.1, 0.15) is 12.4 Å². The van der Waals surface area contributed by atoms with Crippen LogP contribution in [0.3, 0.4) is 0 Å². The van der Waals surface area contributed by atoms with Gasteiger partial charge in [-0.1, -0.05) is 48.5 Å². The van der Waals surface area contributed by atoms with Crippen molar-refractivity contribution in [1.29, 1.82) is 0 Å². The first-order chi connectivity index (χ1) is 20.4. The Hall–Kier alpha value is -4.92. The van der Waals surface area contributed by atoms with Crippen molar-refractivity contribution >= 4 is 40.7 Å². The number of nitrogens with one attached hydrogen (secondary N) is 2. The highest BCUT2D eigenvalue weighted by atomic mass is 16.6. The van der Waals surface area contributed by atoms with E-state index in [1.54, 1.807) is 41.3 Å². The van der Waals surface area contributed by atoms with E-state index in [-0.39, 0.29) is 36.5 Å².